The molecule has 1 heterocycles. The molecule has 0 aliphatic carbocycles. The van der Waals surface area contributed by atoms with Gasteiger partial charge < -0.3 is 16.3 Å². The summed E-state index contributed by atoms with van der Waals surface area (Å²) in [5.74, 6) is -0.509. The summed E-state index contributed by atoms with van der Waals surface area (Å²) in [6.45, 7) is 0. The van der Waals surface area contributed by atoms with Crippen molar-refractivity contribution in [3.05, 3.63) is 10.1 Å². The van der Waals surface area contributed by atoms with E-state index in [0.29, 0.717) is 0 Å². The molecule has 1 aromatic heterocycles. The Bertz CT molecular complexity index is 179. The molecule has 0 atom stereocenters. The Morgan fingerprint density at radius 1 is 1.67 bits per heavy atom. The van der Waals surface area contributed by atoms with Crippen LogP contribution >= 0.6 is 0 Å². The highest BCUT2D eigenvalue weighted by atomic mass is 16.6. The molecule has 9 heavy (non-hydrogen) atoms. The van der Waals surface area contributed by atoms with Crippen molar-refractivity contribution in [3.8, 4) is 0 Å². The van der Waals surface area contributed by atoms with E-state index < -0.39 is 10.9 Å². The second-order valence-corrected chi connectivity index (χ2v) is 0.969. The first-order valence-electron chi connectivity index (χ1n) is 1.68. The van der Waals surface area contributed by atoms with Gasteiger partial charge in [-0.3, -0.25) is 0 Å². The standard InChI is InChI=1S/CHN5O2.H3N/c7-6(8)1-2-4-5-3-1;/h(H,2,3,4,5);1H3/p+1. The van der Waals surface area contributed by atoms with Gasteiger partial charge in [0.1, 0.15) is 0 Å². The number of aromatic amines is 1. The molecule has 8 heteroatoms. The van der Waals surface area contributed by atoms with Crippen LogP contribution in [-0.4, -0.2) is 25.5 Å². The van der Waals surface area contributed by atoms with Crippen LogP contribution in [0.5, 0.6) is 0 Å². The number of hydrogen-bond donors (Lipinski definition) is 2. The summed E-state index contributed by atoms with van der Waals surface area (Å²) in [6, 6.07) is 0. The van der Waals surface area contributed by atoms with Crippen molar-refractivity contribution in [3.63, 3.8) is 0 Å². The summed E-state index contributed by atoms with van der Waals surface area (Å²) < 4.78 is 0. The van der Waals surface area contributed by atoms with Crippen molar-refractivity contribution in [2.24, 2.45) is 0 Å². The highest BCUT2D eigenvalue weighted by molar-refractivity contribution is 4.91. The maximum absolute atomic E-state index is 9.68. The van der Waals surface area contributed by atoms with Gasteiger partial charge in [0.15, 0.2) is 0 Å². The van der Waals surface area contributed by atoms with Crippen LogP contribution in [0, 0.1) is 10.1 Å². The third-order valence-corrected chi connectivity index (χ3v) is 0.497. The van der Waals surface area contributed by atoms with Crippen LogP contribution in [0.15, 0.2) is 0 Å². The summed E-state index contributed by atoms with van der Waals surface area (Å²) in [4.78, 5) is 8.95. The number of H-pyrrole nitrogens is 1. The highest BCUT2D eigenvalue weighted by Gasteiger charge is 2.08. The number of hydrogen-bond acceptors (Lipinski definition) is 5. The Morgan fingerprint density at radius 3 is 2.56 bits per heavy atom. The molecule has 0 saturated carbocycles. The lowest BCUT2D eigenvalue weighted by molar-refractivity contribution is -0.394. The zero-order chi connectivity index (χ0) is 5.98. The zero-order valence-electron chi connectivity index (χ0n) is 4.61. The number of nitrogens with zero attached hydrogens (tertiary/aromatic N) is 4. The number of nitrogens with one attached hydrogen (secondary N) is 1. The maximum Gasteiger partial charge on any atom is 0.514 e. The number of nitro groups is 1. The van der Waals surface area contributed by atoms with Crippen molar-refractivity contribution in [2.75, 3.05) is 0 Å². The first kappa shape index (κ1) is 7.43. The lowest BCUT2D eigenvalue weighted by Crippen LogP contribution is -1.88. The maximum atomic E-state index is 9.68. The van der Waals surface area contributed by atoms with Crippen LogP contribution < -0.4 is 6.15 Å². The van der Waals surface area contributed by atoms with Gasteiger partial charge in [0.25, 0.3) is 0 Å². The monoisotopic (exact) mass is 133 g/mol. The van der Waals surface area contributed by atoms with E-state index in [1.165, 1.54) is 0 Å². The summed E-state index contributed by atoms with van der Waals surface area (Å²) in [7, 11) is 0. The van der Waals surface area contributed by atoms with Gasteiger partial charge in [-0.1, -0.05) is 5.21 Å². The molecular weight excluding hydrogens is 128 g/mol. The highest BCUT2D eigenvalue weighted by Crippen LogP contribution is 1.91. The van der Waals surface area contributed by atoms with Crippen LogP contribution in [0.4, 0.5) is 5.95 Å². The van der Waals surface area contributed by atoms with Crippen molar-refractivity contribution < 1.29 is 4.92 Å². The van der Waals surface area contributed by atoms with Crippen LogP contribution in [-0.2, 0) is 0 Å². The molecule has 1 rings (SSSR count). The first-order chi connectivity index (χ1) is 3.80. The number of aromatic nitrogens is 4. The Balaban J connectivity index is 0.000000640. The predicted molar refractivity (Wildman–Crippen MR) is 26.8 cm³/mol. The molecule has 1 aromatic rings. The molecule has 0 amide bonds. The molecule has 0 spiro atoms. The average Bonchev–Trinajstić information content (AvgIpc) is 2.12. The first-order valence-corrected chi connectivity index (χ1v) is 1.68. The number of rotatable bonds is 1. The van der Waals surface area contributed by atoms with Gasteiger partial charge in [-0.05, 0) is 4.92 Å². The molecule has 0 aliphatic rings. The molecule has 0 unspecified atom stereocenters. The van der Waals surface area contributed by atoms with Gasteiger partial charge in [0, 0.05) is 10.3 Å². The van der Waals surface area contributed by atoms with Crippen LogP contribution in [0.25, 0.3) is 0 Å². The fourth-order valence-corrected chi connectivity index (χ4v) is 0.234. The summed E-state index contributed by atoms with van der Waals surface area (Å²) in [5, 5.41) is 20.7. The minimum Gasteiger partial charge on any atom is -0.390 e. The minimum absolute atomic E-state index is 0. The summed E-state index contributed by atoms with van der Waals surface area (Å²) in [6.07, 6.45) is 0. The van der Waals surface area contributed by atoms with Gasteiger partial charge in [0.05, 0.1) is 5.10 Å². The summed E-state index contributed by atoms with van der Waals surface area (Å²) in [5.41, 5.74) is 0. The van der Waals surface area contributed by atoms with Crippen LogP contribution in [0.3, 0.4) is 0 Å². The minimum atomic E-state index is -0.733. The summed E-state index contributed by atoms with van der Waals surface area (Å²) >= 11 is 0. The van der Waals surface area contributed by atoms with Crippen molar-refractivity contribution in [1.82, 2.24) is 26.8 Å². The smallest absolute Gasteiger partial charge is 0.390 e. The van der Waals surface area contributed by atoms with E-state index in [9.17, 15) is 10.1 Å². The molecule has 0 saturated heterocycles. The van der Waals surface area contributed by atoms with Crippen molar-refractivity contribution >= 4 is 5.95 Å². The van der Waals surface area contributed by atoms with Gasteiger partial charge in [-0.15, -0.1) is 0 Å². The van der Waals surface area contributed by atoms with Crippen LogP contribution in [0.1, 0.15) is 0 Å². The number of tetrazole rings is 1. The third-order valence-electron chi connectivity index (χ3n) is 0.497. The van der Waals surface area contributed by atoms with Gasteiger partial charge in [-0.25, -0.2) is 0 Å². The molecule has 0 aliphatic heterocycles. The predicted octanol–water partition coefficient (Wildman–Crippen LogP) is -0.516. The van der Waals surface area contributed by atoms with Crippen LogP contribution in [0.2, 0.25) is 0 Å². The molecule has 0 radical (unpaired) electrons. The van der Waals surface area contributed by atoms with Gasteiger partial charge in [-0.2, -0.15) is 0 Å². The van der Waals surface area contributed by atoms with E-state index in [1.807, 2.05) is 5.21 Å². The van der Waals surface area contributed by atoms with E-state index in [0.717, 1.165) is 0 Å². The van der Waals surface area contributed by atoms with E-state index in [4.69, 9.17) is 0 Å². The van der Waals surface area contributed by atoms with E-state index in [-0.39, 0.29) is 6.15 Å². The average molecular weight is 133 g/mol. The van der Waals surface area contributed by atoms with Crippen molar-refractivity contribution in [2.45, 2.75) is 0 Å². The lowest BCUT2D eigenvalue weighted by atomic mass is 11.1. The molecule has 8 nitrogen and oxygen atoms in total. The Kier molecular flexibility index (Phi) is 2.20. The van der Waals surface area contributed by atoms with E-state index in [2.05, 4.69) is 15.4 Å². The Hall–Kier alpha value is -1.57. The fourth-order valence-electron chi connectivity index (χ4n) is 0.234. The SMILES string of the molecule is O=[N+]([O-])c1nn[nH]n1.[NH4+]. The van der Waals surface area contributed by atoms with E-state index in [1.54, 1.807) is 0 Å². The normalized spacial score (nSPS) is 8.00. The Morgan fingerprint density at radius 2 is 2.33 bits per heavy atom. The Labute approximate surface area is 49.0 Å². The second-order valence-electron chi connectivity index (χ2n) is 0.969. The molecule has 50 valence electrons. The van der Waals surface area contributed by atoms with Crippen molar-refractivity contribution in [1.29, 1.82) is 0 Å². The second kappa shape index (κ2) is 2.67. The lowest BCUT2D eigenvalue weighted by Gasteiger charge is -1.79. The quantitative estimate of drug-likeness (QED) is 0.392. The fraction of sp³-hybridized carbons (Fsp3) is 0. The molecule has 5 N–H and O–H groups in total. The van der Waals surface area contributed by atoms with Gasteiger partial charge >= 0.3 is 5.95 Å². The molecule has 0 fully saturated rings. The van der Waals surface area contributed by atoms with Gasteiger partial charge in [0.2, 0.25) is 0 Å². The topological polar surface area (TPSA) is 134 Å². The third kappa shape index (κ3) is 1.42. The van der Waals surface area contributed by atoms with E-state index >= 15 is 0 Å². The molecular formula is CH5N6O2+. The molecule has 0 aromatic carbocycles. The number of quaternary nitrogens is 1. The zero-order valence-corrected chi connectivity index (χ0v) is 4.61. The molecule has 0 bridgehead atoms. The largest absolute Gasteiger partial charge is 0.514 e.